The first-order chi connectivity index (χ1) is 16.6. The predicted molar refractivity (Wildman–Crippen MR) is 122 cm³/mol. The number of aromatic nitrogens is 3. The van der Waals surface area contributed by atoms with Crippen LogP contribution in [0.5, 0.6) is 5.75 Å². The van der Waals surface area contributed by atoms with Crippen LogP contribution < -0.4 is 15.4 Å². The van der Waals surface area contributed by atoms with Gasteiger partial charge in [-0.05, 0) is 29.3 Å². The smallest absolute Gasteiger partial charge is 0.224 e. The van der Waals surface area contributed by atoms with Crippen molar-refractivity contribution in [2.75, 3.05) is 39.3 Å². The fraction of sp³-hybridized carbons (Fsp3) is 0.333. The van der Waals surface area contributed by atoms with Gasteiger partial charge in [-0.2, -0.15) is 0 Å². The molecule has 0 atom stereocenters. The van der Waals surface area contributed by atoms with Crippen LogP contribution in [0.1, 0.15) is 11.1 Å². The van der Waals surface area contributed by atoms with E-state index in [1.165, 1.54) is 30.7 Å². The van der Waals surface area contributed by atoms with Crippen LogP contribution in [0, 0.1) is 11.6 Å². The number of piperazine rings is 1. The molecule has 0 bridgehead atoms. The van der Waals surface area contributed by atoms with Crippen LogP contribution in [0.4, 0.5) is 8.78 Å². The highest BCUT2D eigenvalue weighted by Gasteiger charge is 2.12. The second kappa shape index (κ2) is 11.6. The van der Waals surface area contributed by atoms with Crippen molar-refractivity contribution in [2.24, 2.45) is 0 Å². The Labute approximate surface area is 196 Å². The standard InChI is InChI=1S/C24H26F2N6O2/c25-19-9-17(12-28-16-19)13-29-23(33)10-18-14-30-24(31-15-18)21-2-1-20(11-22(21)26)34-8-7-32-5-3-27-4-6-32/h1-2,9,11-12,14-16,27H,3-8,10,13H2,(H,29,33). The number of hydrogen-bond acceptors (Lipinski definition) is 7. The average molecular weight is 469 g/mol. The number of carbonyl (C=O) groups excluding carboxylic acids is 1. The zero-order valence-electron chi connectivity index (χ0n) is 18.6. The first kappa shape index (κ1) is 23.7. The van der Waals surface area contributed by atoms with Gasteiger partial charge in [0.2, 0.25) is 5.91 Å². The lowest BCUT2D eigenvalue weighted by atomic mass is 10.1. The number of nitrogens with one attached hydrogen (secondary N) is 2. The molecule has 1 fully saturated rings. The summed E-state index contributed by atoms with van der Waals surface area (Å²) in [5.74, 6) is -0.529. The summed E-state index contributed by atoms with van der Waals surface area (Å²) in [5, 5.41) is 5.99. The Balaban J connectivity index is 1.28. The van der Waals surface area contributed by atoms with Gasteiger partial charge in [0, 0.05) is 63.9 Å². The van der Waals surface area contributed by atoms with Crippen LogP contribution in [0.2, 0.25) is 0 Å². The molecule has 178 valence electrons. The molecule has 0 saturated carbocycles. The third kappa shape index (κ3) is 6.75. The minimum atomic E-state index is -0.478. The topological polar surface area (TPSA) is 92.3 Å². The number of carbonyl (C=O) groups is 1. The van der Waals surface area contributed by atoms with E-state index >= 15 is 0 Å². The Hall–Kier alpha value is -3.50. The maximum absolute atomic E-state index is 14.6. The summed E-state index contributed by atoms with van der Waals surface area (Å²) >= 11 is 0. The molecule has 2 aromatic heterocycles. The fourth-order valence-electron chi connectivity index (χ4n) is 3.58. The van der Waals surface area contributed by atoms with E-state index in [-0.39, 0.29) is 30.3 Å². The summed E-state index contributed by atoms with van der Waals surface area (Å²) in [6.07, 6.45) is 5.61. The molecule has 1 aliphatic heterocycles. The van der Waals surface area contributed by atoms with Crippen molar-refractivity contribution in [3.8, 4) is 17.1 Å². The van der Waals surface area contributed by atoms with Gasteiger partial charge in [0.1, 0.15) is 24.0 Å². The number of ether oxygens (including phenoxy) is 1. The van der Waals surface area contributed by atoms with Gasteiger partial charge in [0.25, 0.3) is 0 Å². The van der Waals surface area contributed by atoms with Crippen LogP contribution in [0.15, 0.2) is 49.1 Å². The van der Waals surface area contributed by atoms with Crippen LogP contribution in [0.25, 0.3) is 11.4 Å². The number of nitrogens with zero attached hydrogens (tertiary/aromatic N) is 4. The van der Waals surface area contributed by atoms with E-state index in [0.717, 1.165) is 38.9 Å². The van der Waals surface area contributed by atoms with E-state index in [2.05, 4.69) is 30.5 Å². The van der Waals surface area contributed by atoms with Crippen molar-refractivity contribution in [1.29, 1.82) is 0 Å². The number of halogens is 2. The number of rotatable bonds is 9. The summed E-state index contributed by atoms with van der Waals surface area (Å²) in [5.41, 5.74) is 1.39. The molecule has 1 amide bonds. The quantitative estimate of drug-likeness (QED) is 0.496. The lowest BCUT2D eigenvalue weighted by Crippen LogP contribution is -2.44. The summed E-state index contributed by atoms with van der Waals surface area (Å²) in [7, 11) is 0. The summed E-state index contributed by atoms with van der Waals surface area (Å²) in [6, 6.07) is 5.92. The molecule has 2 N–H and O–H groups in total. The maximum Gasteiger partial charge on any atom is 0.224 e. The summed E-state index contributed by atoms with van der Waals surface area (Å²) < 4.78 is 33.5. The van der Waals surface area contributed by atoms with Gasteiger partial charge in [-0.15, -0.1) is 0 Å². The molecular formula is C24H26F2N6O2. The normalized spacial score (nSPS) is 14.1. The first-order valence-corrected chi connectivity index (χ1v) is 11.1. The van der Waals surface area contributed by atoms with Crippen molar-refractivity contribution < 1.29 is 18.3 Å². The van der Waals surface area contributed by atoms with Crippen molar-refractivity contribution in [1.82, 2.24) is 30.5 Å². The molecule has 34 heavy (non-hydrogen) atoms. The van der Waals surface area contributed by atoms with E-state index < -0.39 is 11.6 Å². The molecule has 1 saturated heterocycles. The highest BCUT2D eigenvalue weighted by molar-refractivity contribution is 5.78. The lowest BCUT2D eigenvalue weighted by molar-refractivity contribution is -0.120. The number of hydrogen-bond donors (Lipinski definition) is 2. The number of pyridine rings is 1. The minimum absolute atomic E-state index is 0.0470. The summed E-state index contributed by atoms with van der Waals surface area (Å²) in [4.78, 5) is 26.6. The van der Waals surface area contributed by atoms with E-state index in [4.69, 9.17) is 4.74 Å². The molecule has 0 radical (unpaired) electrons. The van der Waals surface area contributed by atoms with E-state index in [1.807, 2.05) is 0 Å². The highest BCUT2D eigenvalue weighted by Crippen LogP contribution is 2.23. The Bertz CT molecular complexity index is 1110. The van der Waals surface area contributed by atoms with Gasteiger partial charge in [-0.1, -0.05) is 0 Å². The molecule has 3 heterocycles. The molecule has 0 aliphatic carbocycles. The van der Waals surface area contributed by atoms with Crippen molar-refractivity contribution in [3.63, 3.8) is 0 Å². The number of amides is 1. The van der Waals surface area contributed by atoms with Gasteiger partial charge in [0.15, 0.2) is 5.82 Å². The largest absolute Gasteiger partial charge is 0.492 e. The molecule has 0 unspecified atom stereocenters. The van der Waals surface area contributed by atoms with Gasteiger partial charge in [-0.25, -0.2) is 18.7 Å². The van der Waals surface area contributed by atoms with Gasteiger partial charge in [0.05, 0.1) is 18.2 Å². The monoisotopic (exact) mass is 468 g/mol. The zero-order chi connectivity index (χ0) is 23.8. The Morgan fingerprint density at radius 2 is 1.85 bits per heavy atom. The SMILES string of the molecule is O=C(Cc1cnc(-c2ccc(OCCN3CCNCC3)cc2F)nc1)NCc1cncc(F)c1. The molecule has 3 aromatic rings. The first-order valence-electron chi connectivity index (χ1n) is 11.1. The maximum atomic E-state index is 14.6. The van der Waals surface area contributed by atoms with Gasteiger partial charge >= 0.3 is 0 Å². The zero-order valence-corrected chi connectivity index (χ0v) is 18.6. The second-order valence-corrected chi connectivity index (χ2v) is 7.96. The Morgan fingerprint density at radius 1 is 1.06 bits per heavy atom. The Morgan fingerprint density at radius 3 is 2.59 bits per heavy atom. The van der Waals surface area contributed by atoms with Crippen LogP contribution in [-0.4, -0.2) is 65.1 Å². The molecular weight excluding hydrogens is 442 g/mol. The third-order valence-electron chi connectivity index (χ3n) is 5.39. The molecule has 1 aromatic carbocycles. The summed E-state index contributed by atoms with van der Waals surface area (Å²) in [6.45, 7) is 5.35. The van der Waals surface area contributed by atoms with Gasteiger partial charge in [-0.3, -0.25) is 14.7 Å². The molecule has 0 spiro atoms. The van der Waals surface area contributed by atoms with E-state index in [0.29, 0.717) is 23.5 Å². The predicted octanol–water partition coefficient (Wildman–Crippen LogP) is 1.96. The van der Waals surface area contributed by atoms with Crippen molar-refractivity contribution >= 4 is 5.91 Å². The minimum Gasteiger partial charge on any atom is -0.492 e. The van der Waals surface area contributed by atoms with Crippen LogP contribution in [-0.2, 0) is 17.8 Å². The van der Waals surface area contributed by atoms with Crippen LogP contribution >= 0.6 is 0 Å². The molecule has 10 heteroatoms. The van der Waals surface area contributed by atoms with Crippen LogP contribution in [0.3, 0.4) is 0 Å². The molecule has 8 nitrogen and oxygen atoms in total. The lowest BCUT2D eigenvalue weighted by Gasteiger charge is -2.26. The van der Waals surface area contributed by atoms with E-state index in [9.17, 15) is 13.6 Å². The average Bonchev–Trinajstić information content (AvgIpc) is 2.84. The third-order valence-corrected chi connectivity index (χ3v) is 5.39. The van der Waals surface area contributed by atoms with E-state index in [1.54, 1.807) is 12.1 Å². The Kier molecular flexibility index (Phi) is 8.05. The van der Waals surface area contributed by atoms with Crippen molar-refractivity contribution in [3.05, 3.63) is 71.8 Å². The molecule has 1 aliphatic rings. The second-order valence-electron chi connectivity index (χ2n) is 7.96. The van der Waals surface area contributed by atoms with Crippen molar-refractivity contribution in [2.45, 2.75) is 13.0 Å². The fourth-order valence-corrected chi connectivity index (χ4v) is 3.58. The highest BCUT2D eigenvalue weighted by atomic mass is 19.1. The molecule has 4 rings (SSSR count). The van der Waals surface area contributed by atoms with Gasteiger partial charge < -0.3 is 15.4 Å². The number of benzene rings is 1.